The molecule has 1 aliphatic heterocycles. The SMILES string of the molecule is O=C1C=CC2=NCOC2=C1. The summed E-state index contributed by atoms with van der Waals surface area (Å²) in [4.78, 5) is 14.7. The van der Waals surface area contributed by atoms with Crippen molar-refractivity contribution in [3.63, 3.8) is 0 Å². The number of carbonyl (C=O) groups excluding carboxylic acids is 1. The maximum Gasteiger partial charge on any atom is 0.182 e. The van der Waals surface area contributed by atoms with E-state index in [1.807, 2.05) is 0 Å². The fourth-order valence-corrected chi connectivity index (χ4v) is 0.912. The number of carbonyl (C=O) groups is 1. The second kappa shape index (κ2) is 1.80. The van der Waals surface area contributed by atoms with Gasteiger partial charge >= 0.3 is 0 Å². The molecule has 0 unspecified atom stereocenters. The zero-order valence-electron chi connectivity index (χ0n) is 5.20. The van der Waals surface area contributed by atoms with Crippen LogP contribution in [0.25, 0.3) is 0 Å². The van der Waals surface area contributed by atoms with E-state index in [4.69, 9.17) is 4.74 Å². The van der Waals surface area contributed by atoms with Gasteiger partial charge in [-0.25, -0.2) is 4.99 Å². The Morgan fingerprint density at radius 1 is 1.50 bits per heavy atom. The minimum atomic E-state index is -0.0316. The van der Waals surface area contributed by atoms with Crippen LogP contribution in [0, 0.1) is 0 Å². The summed E-state index contributed by atoms with van der Waals surface area (Å²) < 4.78 is 5.01. The van der Waals surface area contributed by atoms with Gasteiger partial charge in [-0.2, -0.15) is 0 Å². The third-order valence-corrected chi connectivity index (χ3v) is 1.39. The lowest BCUT2D eigenvalue weighted by atomic mass is 10.1. The number of hydrogen-bond acceptors (Lipinski definition) is 3. The van der Waals surface area contributed by atoms with E-state index >= 15 is 0 Å². The molecule has 10 heavy (non-hydrogen) atoms. The lowest BCUT2D eigenvalue weighted by Crippen LogP contribution is -2.04. The molecule has 0 atom stereocenters. The number of fused-ring (bicyclic) bond motifs is 1. The standard InChI is InChI=1S/C7H5NO2/c9-5-1-2-6-7(3-5)10-4-8-6/h1-3H,4H2. The highest BCUT2D eigenvalue weighted by Crippen LogP contribution is 2.13. The predicted molar refractivity (Wildman–Crippen MR) is 35.6 cm³/mol. The van der Waals surface area contributed by atoms with Crippen LogP contribution in [-0.4, -0.2) is 18.2 Å². The summed E-state index contributed by atoms with van der Waals surface area (Å²) in [5, 5.41) is 0. The van der Waals surface area contributed by atoms with Gasteiger partial charge in [0.15, 0.2) is 18.3 Å². The van der Waals surface area contributed by atoms with Crippen molar-refractivity contribution in [1.29, 1.82) is 0 Å². The molecule has 0 amide bonds. The van der Waals surface area contributed by atoms with Crippen LogP contribution < -0.4 is 0 Å². The second-order valence-corrected chi connectivity index (χ2v) is 2.06. The zero-order valence-corrected chi connectivity index (χ0v) is 5.20. The van der Waals surface area contributed by atoms with Crippen molar-refractivity contribution in [2.24, 2.45) is 4.99 Å². The smallest absolute Gasteiger partial charge is 0.182 e. The summed E-state index contributed by atoms with van der Waals surface area (Å²) in [5.74, 6) is 0.573. The van der Waals surface area contributed by atoms with Crippen molar-refractivity contribution in [3.05, 3.63) is 24.0 Å². The van der Waals surface area contributed by atoms with Crippen LogP contribution >= 0.6 is 0 Å². The first-order chi connectivity index (χ1) is 4.86. The van der Waals surface area contributed by atoms with Crippen molar-refractivity contribution in [2.45, 2.75) is 0 Å². The van der Waals surface area contributed by atoms with Gasteiger partial charge in [-0.3, -0.25) is 4.79 Å². The first-order valence-corrected chi connectivity index (χ1v) is 2.97. The summed E-state index contributed by atoms with van der Waals surface area (Å²) in [7, 11) is 0. The summed E-state index contributed by atoms with van der Waals surface area (Å²) in [6, 6.07) is 0. The van der Waals surface area contributed by atoms with Gasteiger partial charge < -0.3 is 4.74 Å². The topological polar surface area (TPSA) is 38.7 Å². The highest BCUT2D eigenvalue weighted by molar-refractivity contribution is 6.19. The minimum absolute atomic E-state index is 0.0316. The van der Waals surface area contributed by atoms with Crippen LogP contribution in [0.15, 0.2) is 29.0 Å². The number of aliphatic imine (C=N–C) groups is 1. The first kappa shape index (κ1) is 5.41. The number of rotatable bonds is 0. The highest BCUT2D eigenvalue weighted by atomic mass is 16.5. The Balaban J connectivity index is 2.43. The third-order valence-electron chi connectivity index (χ3n) is 1.39. The van der Waals surface area contributed by atoms with E-state index < -0.39 is 0 Å². The first-order valence-electron chi connectivity index (χ1n) is 2.97. The molecule has 1 aliphatic carbocycles. The number of ether oxygens (including phenoxy) is 1. The lowest BCUT2D eigenvalue weighted by Gasteiger charge is -2.00. The van der Waals surface area contributed by atoms with Crippen LogP contribution in [0.2, 0.25) is 0 Å². The Morgan fingerprint density at radius 2 is 2.40 bits per heavy atom. The van der Waals surface area contributed by atoms with Crippen LogP contribution in [0.1, 0.15) is 0 Å². The Hall–Kier alpha value is -1.38. The maximum absolute atomic E-state index is 10.7. The van der Waals surface area contributed by atoms with Crippen molar-refractivity contribution >= 4 is 11.5 Å². The molecular formula is C7H5NO2. The highest BCUT2D eigenvalue weighted by Gasteiger charge is 2.16. The Kier molecular flexibility index (Phi) is 0.974. The van der Waals surface area contributed by atoms with Gasteiger partial charge in [-0.15, -0.1) is 0 Å². The van der Waals surface area contributed by atoms with Crippen LogP contribution in [0.3, 0.4) is 0 Å². The molecule has 0 saturated carbocycles. The van der Waals surface area contributed by atoms with Crippen LogP contribution in [0.4, 0.5) is 0 Å². The average Bonchev–Trinajstić information content (AvgIpc) is 2.33. The predicted octanol–water partition coefficient (Wildman–Crippen LogP) is 0.438. The van der Waals surface area contributed by atoms with Crippen LogP contribution in [-0.2, 0) is 9.53 Å². The van der Waals surface area contributed by atoms with Gasteiger partial charge in [0.25, 0.3) is 0 Å². The molecule has 2 aliphatic rings. The summed E-state index contributed by atoms with van der Waals surface area (Å²) in [6.45, 7) is 0.346. The summed E-state index contributed by atoms with van der Waals surface area (Å²) >= 11 is 0. The molecule has 3 nitrogen and oxygen atoms in total. The van der Waals surface area contributed by atoms with E-state index in [1.54, 1.807) is 6.08 Å². The molecule has 0 radical (unpaired) electrons. The zero-order chi connectivity index (χ0) is 6.97. The molecule has 2 rings (SSSR count). The van der Waals surface area contributed by atoms with Crippen molar-refractivity contribution in [1.82, 2.24) is 0 Å². The fourth-order valence-electron chi connectivity index (χ4n) is 0.912. The van der Waals surface area contributed by atoms with Gasteiger partial charge in [0.05, 0.1) is 0 Å². The van der Waals surface area contributed by atoms with E-state index in [0.29, 0.717) is 12.5 Å². The fraction of sp³-hybridized carbons (Fsp3) is 0.143. The molecule has 50 valence electrons. The molecule has 0 spiro atoms. The molecule has 0 aromatic carbocycles. The third kappa shape index (κ3) is 0.673. The van der Waals surface area contributed by atoms with E-state index in [-0.39, 0.29) is 5.78 Å². The van der Waals surface area contributed by atoms with Gasteiger partial charge in [0, 0.05) is 6.08 Å². The second-order valence-electron chi connectivity index (χ2n) is 2.06. The minimum Gasteiger partial charge on any atom is -0.469 e. The number of ketones is 1. The monoisotopic (exact) mass is 135 g/mol. The Morgan fingerprint density at radius 3 is 3.30 bits per heavy atom. The Bertz CT molecular complexity index is 273. The van der Waals surface area contributed by atoms with Gasteiger partial charge in [0.2, 0.25) is 0 Å². The largest absolute Gasteiger partial charge is 0.469 e. The molecule has 0 N–H and O–H groups in total. The van der Waals surface area contributed by atoms with E-state index in [1.165, 1.54) is 12.2 Å². The van der Waals surface area contributed by atoms with E-state index in [2.05, 4.69) is 4.99 Å². The van der Waals surface area contributed by atoms with E-state index in [0.717, 1.165) is 5.71 Å². The van der Waals surface area contributed by atoms with Crippen molar-refractivity contribution < 1.29 is 9.53 Å². The molecule has 0 aromatic rings. The molecule has 0 bridgehead atoms. The lowest BCUT2D eigenvalue weighted by molar-refractivity contribution is -0.110. The normalized spacial score (nSPS) is 21.4. The number of allylic oxidation sites excluding steroid dienone is 3. The maximum atomic E-state index is 10.7. The van der Waals surface area contributed by atoms with Crippen molar-refractivity contribution in [3.8, 4) is 0 Å². The molecule has 0 fully saturated rings. The number of nitrogens with zero attached hydrogens (tertiary/aromatic N) is 1. The van der Waals surface area contributed by atoms with Gasteiger partial charge in [-0.05, 0) is 12.2 Å². The molecule has 1 heterocycles. The molecule has 0 aromatic heterocycles. The summed E-state index contributed by atoms with van der Waals surface area (Å²) in [5.41, 5.74) is 0.777. The summed E-state index contributed by atoms with van der Waals surface area (Å²) in [6.07, 6.45) is 4.60. The average molecular weight is 135 g/mol. The molecular weight excluding hydrogens is 130 g/mol. The van der Waals surface area contributed by atoms with E-state index in [9.17, 15) is 4.79 Å². The quantitative estimate of drug-likeness (QED) is 0.452. The molecule has 0 saturated heterocycles. The van der Waals surface area contributed by atoms with Crippen molar-refractivity contribution in [2.75, 3.05) is 6.73 Å². The van der Waals surface area contributed by atoms with Gasteiger partial charge in [0.1, 0.15) is 5.71 Å². The number of hydrogen-bond donors (Lipinski definition) is 0. The van der Waals surface area contributed by atoms with Gasteiger partial charge in [-0.1, -0.05) is 0 Å². The Labute approximate surface area is 57.7 Å². The molecule has 3 heteroatoms. The van der Waals surface area contributed by atoms with Crippen LogP contribution in [0.5, 0.6) is 0 Å².